The first kappa shape index (κ1) is 12.6. The van der Waals surface area contributed by atoms with Crippen LogP contribution in [0.2, 0.25) is 5.28 Å². The quantitative estimate of drug-likeness (QED) is 0.888. The summed E-state index contributed by atoms with van der Waals surface area (Å²) in [4.78, 5) is 12.1. The van der Waals surface area contributed by atoms with E-state index in [0.717, 1.165) is 12.1 Å². The van der Waals surface area contributed by atoms with Crippen molar-refractivity contribution < 1.29 is 0 Å². The van der Waals surface area contributed by atoms with Gasteiger partial charge in [-0.2, -0.15) is 15.0 Å². The van der Waals surface area contributed by atoms with Crippen LogP contribution in [-0.2, 0) is 6.42 Å². The average Bonchev–Trinajstić information content (AvgIpc) is 2.39. The van der Waals surface area contributed by atoms with Crippen LogP contribution < -0.4 is 10.6 Å². The third-order valence-corrected chi connectivity index (χ3v) is 2.62. The third kappa shape index (κ3) is 3.07. The van der Waals surface area contributed by atoms with Gasteiger partial charge in [-0.3, -0.25) is 0 Å². The Balaban J connectivity index is 2.19. The lowest BCUT2D eigenvalue weighted by Crippen LogP contribution is -2.03. The second kappa shape index (κ2) is 5.64. The second-order valence-electron chi connectivity index (χ2n) is 3.68. The summed E-state index contributed by atoms with van der Waals surface area (Å²) in [5.41, 5.74) is 2.20. The monoisotopic (exact) mass is 263 g/mol. The van der Waals surface area contributed by atoms with Gasteiger partial charge in [0.15, 0.2) is 0 Å². The Bertz CT molecular complexity index is 526. The first-order valence-electron chi connectivity index (χ1n) is 5.66. The van der Waals surface area contributed by atoms with Gasteiger partial charge in [0.2, 0.25) is 17.2 Å². The number of benzene rings is 1. The number of hydrogen-bond donors (Lipinski definition) is 2. The minimum Gasteiger partial charge on any atom is -0.357 e. The molecule has 6 heteroatoms. The molecule has 0 atom stereocenters. The molecule has 18 heavy (non-hydrogen) atoms. The Morgan fingerprint density at radius 1 is 1.06 bits per heavy atom. The summed E-state index contributed by atoms with van der Waals surface area (Å²) in [6.45, 7) is 2.12. The standard InChI is InChI=1S/C12H14ClN5/c1-3-8-4-6-9(7-5-8)15-12-17-10(13)16-11(14-2)18-12/h4-7H,3H2,1-2H3,(H2,14,15,16,17,18). The molecule has 2 rings (SSSR count). The van der Waals surface area contributed by atoms with Gasteiger partial charge >= 0.3 is 0 Å². The molecule has 0 saturated heterocycles. The van der Waals surface area contributed by atoms with Crippen LogP contribution in [0.25, 0.3) is 0 Å². The zero-order chi connectivity index (χ0) is 13.0. The first-order valence-corrected chi connectivity index (χ1v) is 6.04. The number of hydrogen-bond acceptors (Lipinski definition) is 5. The van der Waals surface area contributed by atoms with E-state index in [0.29, 0.717) is 11.9 Å². The molecule has 0 radical (unpaired) electrons. The van der Waals surface area contributed by atoms with Crippen molar-refractivity contribution in [3.05, 3.63) is 35.1 Å². The molecule has 0 amide bonds. The number of halogens is 1. The van der Waals surface area contributed by atoms with E-state index < -0.39 is 0 Å². The largest absolute Gasteiger partial charge is 0.357 e. The van der Waals surface area contributed by atoms with Gasteiger partial charge in [-0.25, -0.2) is 0 Å². The summed E-state index contributed by atoms with van der Waals surface area (Å²) in [5.74, 6) is 0.853. The van der Waals surface area contributed by atoms with Crippen molar-refractivity contribution in [2.24, 2.45) is 0 Å². The van der Waals surface area contributed by atoms with Crippen molar-refractivity contribution >= 4 is 29.2 Å². The summed E-state index contributed by atoms with van der Waals surface area (Å²) < 4.78 is 0. The molecule has 2 aromatic rings. The summed E-state index contributed by atoms with van der Waals surface area (Å²) in [5, 5.41) is 6.06. The van der Waals surface area contributed by atoms with Crippen LogP contribution in [0.1, 0.15) is 12.5 Å². The predicted molar refractivity (Wildman–Crippen MR) is 73.5 cm³/mol. The molecule has 0 aliphatic rings. The number of aromatic nitrogens is 3. The van der Waals surface area contributed by atoms with Gasteiger partial charge in [-0.1, -0.05) is 19.1 Å². The second-order valence-corrected chi connectivity index (χ2v) is 4.02. The molecule has 1 heterocycles. The van der Waals surface area contributed by atoms with E-state index in [9.17, 15) is 0 Å². The van der Waals surface area contributed by atoms with Gasteiger partial charge in [0.25, 0.3) is 0 Å². The van der Waals surface area contributed by atoms with Gasteiger partial charge in [0.1, 0.15) is 0 Å². The Morgan fingerprint density at radius 3 is 2.33 bits per heavy atom. The third-order valence-electron chi connectivity index (χ3n) is 2.45. The van der Waals surface area contributed by atoms with Gasteiger partial charge in [0, 0.05) is 12.7 Å². The number of anilines is 3. The van der Waals surface area contributed by atoms with Gasteiger partial charge in [-0.15, -0.1) is 0 Å². The number of nitrogens with one attached hydrogen (secondary N) is 2. The van der Waals surface area contributed by atoms with Crippen molar-refractivity contribution in [3.63, 3.8) is 0 Å². The topological polar surface area (TPSA) is 62.7 Å². The molecule has 0 aliphatic carbocycles. The van der Waals surface area contributed by atoms with E-state index in [1.165, 1.54) is 5.56 Å². The fourth-order valence-corrected chi connectivity index (χ4v) is 1.63. The lowest BCUT2D eigenvalue weighted by Gasteiger charge is -2.07. The highest BCUT2D eigenvalue weighted by molar-refractivity contribution is 6.28. The molecular weight excluding hydrogens is 250 g/mol. The highest BCUT2D eigenvalue weighted by atomic mass is 35.5. The Labute approximate surface area is 111 Å². The maximum Gasteiger partial charge on any atom is 0.233 e. The van der Waals surface area contributed by atoms with Gasteiger partial charge in [-0.05, 0) is 35.7 Å². The summed E-state index contributed by atoms with van der Waals surface area (Å²) in [7, 11) is 1.73. The van der Waals surface area contributed by atoms with E-state index in [-0.39, 0.29) is 5.28 Å². The van der Waals surface area contributed by atoms with Crippen LogP contribution in [0.5, 0.6) is 0 Å². The van der Waals surface area contributed by atoms with Crippen LogP contribution in [0.3, 0.4) is 0 Å². The van der Waals surface area contributed by atoms with E-state index in [1.807, 2.05) is 12.1 Å². The van der Waals surface area contributed by atoms with Crippen LogP contribution in [-0.4, -0.2) is 22.0 Å². The molecular formula is C12H14ClN5. The lowest BCUT2D eigenvalue weighted by molar-refractivity contribution is 1.05. The summed E-state index contributed by atoms with van der Waals surface area (Å²) >= 11 is 5.80. The van der Waals surface area contributed by atoms with Crippen LogP contribution in [0.4, 0.5) is 17.6 Å². The van der Waals surface area contributed by atoms with Crippen molar-refractivity contribution in [1.82, 2.24) is 15.0 Å². The molecule has 1 aromatic carbocycles. The highest BCUT2D eigenvalue weighted by Gasteiger charge is 2.03. The van der Waals surface area contributed by atoms with Gasteiger partial charge < -0.3 is 10.6 Å². The van der Waals surface area contributed by atoms with Crippen molar-refractivity contribution in [1.29, 1.82) is 0 Å². The number of aryl methyl sites for hydroxylation is 1. The number of nitrogens with zero attached hydrogens (tertiary/aromatic N) is 3. The zero-order valence-electron chi connectivity index (χ0n) is 10.2. The molecule has 5 nitrogen and oxygen atoms in total. The lowest BCUT2D eigenvalue weighted by atomic mass is 10.1. The molecule has 94 valence electrons. The number of rotatable bonds is 4. The molecule has 0 saturated carbocycles. The van der Waals surface area contributed by atoms with E-state index in [1.54, 1.807) is 7.05 Å². The molecule has 0 fully saturated rings. The smallest absolute Gasteiger partial charge is 0.233 e. The Kier molecular flexibility index (Phi) is 3.94. The molecule has 0 spiro atoms. The summed E-state index contributed by atoms with van der Waals surface area (Å²) in [6, 6.07) is 8.08. The molecule has 0 unspecified atom stereocenters. The maximum atomic E-state index is 5.80. The normalized spacial score (nSPS) is 10.2. The van der Waals surface area contributed by atoms with Crippen molar-refractivity contribution in [2.75, 3.05) is 17.7 Å². The van der Waals surface area contributed by atoms with Crippen LogP contribution in [0, 0.1) is 0 Å². The van der Waals surface area contributed by atoms with E-state index >= 15 is 0 Å². The highest BCUT2D eigenvalue weighted by Crippen LogP contribution is 2.16. The zero-order valence-corrected chi connectivity index (χ0v) is 11.0. The Morgan fingerprint density at radius 2 is 1.72 bits per heavy atom. The minimum absolute atomic E-state index is 0.155. The molecule has 1 aromatic heterocycles. The fraction of sp³-hybridized carbons (Fsp3) is 0.250. The maximum absolute atomic E-state index is 5.80. The van der Waals surface area contributed by atoms with Crippen LogP contribution >= 0.6 is 11.6 Å². The SMILES string of the molecule is CCc1ccc(Nc2nc(Cl)nc(NC)n2)cc1. The molecule has 0 aliphatic heterocycles. The predicted octanol–water partition coefficient (Wildman–Crippen LogP) is 2.87. The fourth-order valence-electron chi connectivity index (χ4n) is 1.47. The van der Waals surface area contributed by atoms with Crippen LogP contribution in [0.15, 0.2) is 24.3 Å². The molecule has 0 bridgehead atoms. The summed E-state index contributed by atoms with van der Waals surface area (Å²) in [6.07, 6.45) is 1.02. The molecule has 2 N–H and O–H groups in total. The Hall–Kier alpha value is -1.88. The van der Waals surface area contributed by atoms with Crippen molar-refractivity contribution in [2.45, 2.75) is 13.3 Å². The van der Waals surface area contributed by atoms with E-state index in [2.05, 4.69) is 44.6 Å². The first-order chi connectivity index (χ1) is 8.71. The van der Waals surface area contributed by atoms with E-state index in [4.69, 9.17) is 11.6 Å². The van der Waals surface area contributed by atoms with Gasteiger partial charge in [0.05, 0.1) is 0 Å². The van der Waals surface area contributed by atoms with Crippen molar-refractivity contribution in [3.8, 4) is 0 Å². The average molecular weight is 264 g/mol. The minimum atomic E-state index is 0.155.